The van der Waals surface area contributed by atoms with Crippen LogP contribution in [0.25, 0.3) is 0 Å². The molecule has 0 saturated heterocycles. The van der Waals surface area contributed by atoms with Gasteiger partial charge in [-0.25, -0.2) is 0 Å². The van der Waals surface area contributed by atoms with Gasteiger partial charge in [-0.05, 0) is 11.8 Å². The number of aliphatic hydroxyl groups is 1. The molecule has 0 aromatic heterocycles. The highest BCUT2D eigenvalue weighted by molar-refractivity contribution is 5.99. The van der Waals surface area contributed by atoms with Gasteiger partial charge in [-0.15, -0.1) is 0 Å². The minimum absolute atomic E-state index is 0.132. The lowest BCUT2D eigenvalue weighted by Gasteiger charge is -2.21. The molecule has 0 aliphatic rings. The van der Waals surface area contributed by atoms with Gasteiger partial charge >= 0.3 is 0 Å². The topological polar surface area (TPSA) is 37.3 Å². The molecule has 1 aromatic rings. The van der Waals surface area contributed by atoms with Crippen LogP contribution in [0, 0.1) is 5.41 Å². The minimum atomic E-state index is -0.984. The van der Waals surface area contributed by atoms with Gasteiger partial charge in [0.1, 0.15) is 6.10 Å². The minimum Gasteiger partial charge on any atom is -0.385 e. The molecule has 0 radical (unpaired) electrons. The van der Waals surface area contributed by atoms with Gasteiger partial charge in [0.15, 0.2) is 5.78 Å². The van der Waals surface area contributed by atoms with E-state index >= 15 is 0 Å². The molecule has 1 N–H and O–H groups in total. The Kier molecular flexibility index (Phi) is 4.85. The lowest BCUT2D eigenvalue weighted by molar-refractivity contribution is 0.0744. The van der Waals surface area contributed by atoms with Crippen LogP contribution < -0.4 is 0 Å². The van der Waals surface area contributed by atoms with Crippen LogP contribution in [-0.4, -0.2) is 17.0 Å². The van der Waals surface area contributed by atoms with Gasteiger partial charge in [0, 0.05) is 12.0 Å². The largest absolute Gasteiger partial charge is 0.385 e. The second-order valence-corrected chi connectivity index (χ2v) is 5.94. The Morgan fingerprint density at radius 1 is 1.28 bits per heavy atom. The van der Waals surface area contributed by atoms with Crippen LogP contribution in [0.1, 0.15) is 44.0 Å². The Labute approximate surface area is 109 Å². The summed E-state index contributed by atoms with van der Waals surface area (Å²) in [7, 11) is 0. The lowest BCUT2D eigenvalue weighted by Crippen LogP contribution is -2.22. The first-order valence-corrected chi connectivity index (χ1v) is 6.23. The fourth-order valence-corrected chi connectivity index (χ4v) is 1.98. The Bertz CT molecular complexity index is 412. The smallest absolute Gasteiger partial charge is 0.191 e. The second-order valence-electron chi connectivity index (χ2n) is 5.94. The van der Waals surface area contributed by atoms with Crippen LogP contribution in [-0.2, 0) is 0 Å². The first-order chi connectivity index (χ1) is 8.29. The Morgan fingerprint density at radius 3 is 2.33 bits per heavy atom. The quantitative estimate of drug-likeness (QED) is 0.636. The van der Waals surface area contributed by atoms with Crippen LogP contribution in [0.4, 0.5) is 0 Å². The Balaban J connectivity index is 2.59. The Hall–Kier alpha value is -1.41. The van der Waals surface area contributed by atoms with E-state index in [2.05, 4.69) is 27.4 Å². The van der Waals surface area contributed by atoms with Gasteiger partial charge < -0.3 is 5.11 Å². The van der Waals surface area contributed by atoms with Gasteiger partial charge in [-0.1, -0.05) is 63.3 Å². The normalized spacial score (nSPS) is 13.1. The van der Waals surface area contributed by atoms with Crippen molar-refractivity contribution < 1.29 is 9.90 Å². The molecule has 0 bridgehead atoms. The molecule has 98 valence electrons. The van der Waals surface area contributed by atoms with E-state index < -0.39 is 6.10 Å². The van der Waals surface area contributed by atoms with E-state index in [0.717, 1.165) is 12.0 Å². The summed E-state index contributed by atoms with van der Waals surface area (Å²) in [6.07, 6.45) is 0.166. The number of ketones is 1. The monoisotopic (exact) mass is 246 g/mol. The van der Waals surface area contributed by atoms with E-state index in [1.807, 2.05) is 6.07 Å². The van der Waals surface area contributed by atoms with Gasteiger partial charge in [0.05, 0.1) is 0 Å². The van der Waals surface area contributed by atoms with Crippen LogP contribution in [0.2, 0.25) is 0 Å². The fraction of sp³-hybridized carbons (Fsp3) is 0.438. The predicted molar refractivity (Wildman–Crippen MR) is 74.6 cm³/mol. The maximum absolute atomic E-state index is 12.0. The average Bonchev–Trinajstić information content (AvgIpc) is 2.26. The van der Waals surface area contributed by atoms with Crippen LogP contribution >= 0.6 is 0 Å². The number of aliphatic hydroxyl groups excluding tert-OH is 1. The van der Waals surface area contributed by atoms with Crippen molar-refractivity contribution in [2.24, 2.45) is 5.41 Å². The highest BCUT2D eigenvalue weighted by Crippen LogP contribution is 2.25. The molecule has 2 heteroatoms. The van der Waals surface area contributed by atoms with Gasteiger partial charge in [-0.3, -0.25) is 4.79 Å². The molecular weight excluding hydrogens is 224 g/mol. The molecule has 0 spiro atoms. The van der Waals surface area contributed by atoms with Crippen molar-refractivity contribution in [3.63, 3.8) is 0 Å². The number of carbonyl (C=O) groups excluding carboxylic acids is 1. The molecule has 0 fully saturated rings. The molecule has 0 amide bonds. The third-order valence-electron chi connectivity index (χ3n) is 2.62. The van der Waals surface area contributed by atoms with Crippen molar-refractivity contribution in [3.8, 4) is 0 Å². The van der Waals surface area contributed by atoms with E-state index in [0.29, 0.717) is 12.0 Å². The van der Waals surface area contributed by atoms with E-state index in [4.69, 9.17) is 0 Å². The maximum Gasteiger partial charge on any atom is 0.191 e. The molecule has 1 rings (SSSR count). The van der Waals surface area contributed by atoms with E-state index in [1.165, 1.54) is 0 Å². The van der Waals surface area contributed by atoms with E-state index in [9.17, 15) is 9.90 Å². The predicted octanol–water partition coefficient (Wildman–Crippen LogP) is 3.61. The zero-order chi connectivity index (χ0) is 13.8. The number of Topliss-reactive ketones (excluding diaryl/α,β-unsaturated/α-hetero) is 1. The number of hydrogen-bond donors (Lipinski definition) is 1. The first-order valence-electron chi connectivity index (χ1n) is 6.23. The summed E-state index contributed by atoms with van der Waals surface area (Å²) >= 11 is 0. The van der Waals surface area contributed by atoms with Crippen LogP contribution in [0.15, 0.2) is 42.5 Å². The molecule has 2 nitrogen and oxygen atoms in total. The SMILES string of the molecule is C=C(C[C@H](O)C(=O)c1ccccc1)CC(C)(C)C. The fourth-order valence-electron chi connectivity index (χ4n) is 1.98. The van der Waals surface area contributed by atoms with E-state index in [-0.39, 0.29) is 11.2 Å². The summed E-state index contributed by atoms with van der Waals surface area (Å²) in [5.41, 5.74) is 1.60. The third-order valence-corrected chi connectivity index (χ3v) is 2.62. The maximum atomic E-state index is 12.0. The Morgan fingerprint density at radius 2 is 1.83 bits per heavy atom. The van der Waals surface area contributed by atoms with Crippen molar-refractivity contribution in [2.75, 3.05) is 0 Å². The first kappa shape index (κ1) is 14.7. The molecule has 0 aliphatic carbocycles. The van der Waals surface area contributed by atoms with Crippen LogP contribution in [0.5, 0.6) is 0 Å². The zero-order valence-corrected chi connectivity index (χ0v) is 11.4. The molecule has 0 heterocycles. The summed E-state index contributed by atoms with van der Waals surface area (Å²) in [5, 5.41) is 9.93. The van der Waals surface area contributed by atoms with Crippen molar-refractivity contribution in [2.45, 2.75) is 39.7 Å². The molecule has 0 saturated carbocycles. The van der Waals surface area contributed by atoms with Crippen molar-refractivity contribution in [1.82, 2.24) is 0 Å². The molecule has 1 atom stereocenters. The number of benzene rings is 1. The molecule has 18 heavy (non-hydrogen) atoms. The van der Waals surface area contributed by atoms with Crippen molar-refractivity contribution >= 4 is 5.78 Å². The van der Waals surface area contributed by atoms with Gasteiger partial charge in [-0.2, -0.15) is 0 Å². The van der Waals surface area contributed by atoms with E-state index in [1.54, 1.807) is 24.3 Å². The number of hydrogen-bond acceptors (Lipinski definition) is 2. The number of rotatable bonds is 5. The number of carbonyl (C=O) groups is 1. The van der Waals surface area contributed by atoms with Crippen molar-refractivity contribution in [1.29, 1.82) is 0 Å². The highest BCUT2D eigenvalue weighted by Gasteiger charge is 2.20. The summed E-state index contributed by atoms with van der Waals surface area (Å²) < 4.78 is 0. The summed E-state index contributed by atoms with van der Waals surface area (Å²) in [5.74, 6) is -0.231. The second kappa shape index (κ2) is 5.96. The third kappa shape index (κ3) is 4.84. The van der Waals surface area contributed by atoms with Gasteiger partial charge in [0.25, 0.3) is 0 Å². The average molecular weight is 246 g/mol. The molecule has 0 unspecified atom stereocenters. The summed E-state index contributed by atoms with van der Waals surface area (Å²) in [4.78, 5) is 12.0. The molecular formula is C16H22O2. The summed E-state index contributed by atoms with van der Waals surface area (Å²) in [6, 6.07) is 8.88. The van der Waals surface area contributed by atoms with Crippen molar-refractivity contribution in [3.05, 3.63) is 48.0 Å². The zero-order valence-electron chi connectivity index (χ0n) is 11.4. The van der Waals surface area contributed by atoms with Crippen LogP contribution in [0.3, 0.4) is 0 Å². The lowest BCUT2D eigenvalue weighted by atomic mass is 9.86. The van der Waals surface area contributed by atoms with Gasteiger partial charge in [0.2, 0.25) is 0 Å². The standard InChI is InChI=1S/C16H22O2/c1-12(11-16(2,3)4)10-14(17)15(18)13-8-6-5-7-9-13/h5-9,14,17H,1,10-11H2,2-4H3/t14-/m0/s1. The highest BCUT2D eigenvalue weighted by atomic mass is 16.3. The summed E-state index contributed by atoms with van der Waals surface area (Å²) in [6.45, 7) is 10.3. The molecule has 0 aliphatic heterocycles. The molecule has 1 aromatic carbocycles.